The fourth-order valence-corrected chi connectivity index (χ4v) is 2.40. The molecule has 1 aliphatic rings. The number of hydrogen-bond acceptors (Lipinski definition) is 2. The van der Waals surface area contributed by atoms with Crippen molar-refractivity contribution in [2.45, 2.75) is 47.1 Å². The smallest absolute Gasteiger partial charge is 0.0113 e. The van der Waals surface area contributed by atoms with E-state index in [1.807, 2.05) is 0 Å². The van der Waals surface area contributed by atoms with Crippen LogP contribution in [0.1, 0.15) is 41.0 Å². The average Bonchev–Trinajstić information content (AvgIpc) is 2.48. The fourth-order valence-electron chi connectivity index (χ4n) is 2.40. The predicted molar refractivity (Wildman–Crippen MR) is 67.1 cm³/mol. The summed E-state index contributed by atoms with van der Waals surface area (Å²) in [6.07, 6.45) is 1.31. The first-order chi connectivity index (χ1) is 6.75. The quantitative estimate of drug-likeness (QED) is 0.772. The molecule has 2 heteroatoms. The molecule has 2 atom stereocenters. The molecule has 1 aliphatic heterocycles. The molecular weight excluding hydrogens is 184 g/mol. The molecule has 1 heterocycles. The van der Waals surface area contributed by atoms with Crippen LogP contribution in [-0.2, 0) is 0 Å². The van der Waals surface area contributed by atoms with E-state index < -0.39 is 0 Å². The van der Waals surface area contributed by atoms with Crippen molar-refractivity contribution in [2.75, 3.05) is 26.7 Å². The van der Waals surface area contributed by atoms with Crippen LogP contribution < -0.4 is 5.32 Å². The van der Waals surface area contributed by atoms with E-state index >= 15 is 0 Å². The molecule has 0 aliphatic carbocycles. The van der Waals surface area contributed by atoms with Gasteiger partial charge in [-0.05, 0) is 37.8 Å². The number of nitrogens with zero attached hydrogens (tertiary/aromatic N) is 1. The van der Waals surface area contributed by atoms with Crippen LogP contribution in [0.3, 0.4) is 0 Å². The Morgan fingerprint density at radius 3 is 2.40 bits per heavy atom. The summed E-state index contributed by atoms with van der Waals surface area (Å²) >= 11 is 0. The van der Waals surface area contributed by atoms with Gasteiger partial charge in [-0.1, -0.05) is 27.7 Å². The van der Waals surface area contributed by atoms with Crippen LogP contribution in [0.4, 0.5) is 0 Å². The summed E-state index contributed by atoms with van der Waals surface area (Å²) in [5, 5.41) is 3.47. The number of hydrogen-bond donors (Lipinski definition) is 1. The van der Waals surface area contributed by atoms with Crippen molar-refractivity contribution >= 4 is 0 Å². The minimum absolute atomic E-state index is 0.372. The zero-order chi connectivity index (χ0) is 11.7. The van der Waals surface area contributed by atoms with Crippen LogP contribution in [0.5, 0.6) is 0 Å². The van der Waals surface area contributed by atoms with E-state index in [1.54, 1.807) is 0 Å². The lowest BCUT2D eigenvalue weighted by Crippen LogP contribution is -2.45. The highest BCUT2D eigenvalue weighted by Crippen LogP contribution is 2.29. The van der Waals surface area contributed by atoms with Gasteiger partial charge in [-0.3, -0.25) is 0 Å². The summed E-state index contributed by atoms with van der Waals surface area (Å²) in [5.41, 5.74) is 0.853. The minimum atomic E-state index is 0.372. The van der Waals surface area contributed by atoms with Crippen LogP contribution >= 0.6 is 0 Å². The van der Waals surface area contributed by atoms with Crippen molar-refractivity contribution in [1.82, 2.24) is 10.2 Å². The lowest BCUT2D eigenvalue weighted by atomic mass is 9.84. The first-order valence-corrected chi connectivity index (χ1v) is 6.16. The largest absolute Gasteiger partial charge is 0.316 e. The Balaban J connectivity index is 2.51. The van der Waals surface area contributed by atoms with Gasteiger partial charge in [-0.25, -0.2) is 0 Å². The van der Waals surface area contributed by atoms with E-state index in [4.69, 9.17) is 0 Å². The Morgan fingerprint density at radius 1 is 1.40 bits per heavy atom. The summed E-state index contributed by atoms with van der Waals surface area (Å²) in [6.45, 7) is 15.3. The van der Waals surface area contributed by atoms with Gasteiger partial charge in [0, 0.05) is 19.1 Å². The van der Waals surface area contributed by atoms with Crippen LogP contribution in [0.15, 0.2) is 0 Å². The maximum absolute atomic E-state index is 3.47. The zero-order valence-electron chi connectivity index (χ0n) is 11.4. The van der Waals surface area contributed by atoms with Crippen molar-refractivity contribution in [1.29, 1.82) is 0 Å². The third kappa shape index (κ3) is 3.46. The first-order valence-electron chi connectivity index (χ1n) is 6.16. The molecule has 0 aromatic carbocycles. The van der Waals surface area contributed by atoms with E-state index in [0.717, 1.165) is 0 Å². The molecule has 0 saturated carbocycles. The van der Waals surface area contributed by atoms with Crippen molar-refractivity contribution in [3.63, 3.8) is 0 Å². The first kappa shape index (κ1) is 13.0. The maximum atomic E-state index is 3.47. The van der Waals surface area contributed by atoms with Gasteiger partial charge < -0.3 is 10.2 Å². The Morgan fingerprint density at radius 2 is 2.00 bits per heavy atom. The third-order valence-electron chi connectivity index (χ3n) is 4.00. The molecule has 1 saturated heterocycles. The van der Waals surface area contributed by atoms with Crippen molar-refractivity contribution in [3.8, 4) is 0 Å². The van der Waals surface area contributed by atoms with Gasteiger partial charge in [0.2, 0.25) is 0 Å². The minimum Gasteiger partial charge on any atom is -0.316 e. The van der Waals surface area contributed by atoms with E-state index in [2.05, 4.69) is 51.9 Å². The van der Waals surface area contributed by atoms with Crippen LogP contribution in [-0.4, -0.2) is 37.6 Å². The summed E-state index contributed by atoms with van der Waals surface area (Å²) in [5.74, 6) is 0. The molecule has 0 aromatic rings. The van der Waals surface area contributed by atoms with E-state index in [1.165, 1.54) is 26.1 Å². The maximum Gasteiger partial charge on any atom is 0.0113 e. The van der Waals surface area contributed by atoms with Gasteiger partial charge in [0.1, 0.15) is 0 Å². The van der Waals surface area contributed by atoms with Crippen LogP contribution in [0, 0.1) is 10.8 Å². The molecule has 15 heavy (non-hydrogen) atoms. The second-order valence-electron chi connectivity index (χ2n) is 6.69. The average molecular weight is 212 g/mol. The van der Waals surface area contributed by atoms with Gasteiger partial charge in [0.25, 0.3) is 0 Å². The summed E-state index contributed by atoms with van der Waals surface area (Å²) in [7, 11) is 2.26. The summed E-state index contributed by atoms with van der Waals surface area (Å²) in [6, 6.07) is 0.634. The highest BCUT2D eigenvalue weighted by Gasteiger charge is 2.33. The van der Waals surface area contributed by atoms with Gasteiger partial charge in [0.15, 0.2) is 0 Å². The van der Waals surface area contributed by atoms with E-state index in [9.17, 15) is 0 Å². The van der Waals surface area contributed by atoms with Crippen molar-refractivity contribution < 1.29 is 0 Å². The molecule has 1 fully saturated rings. The van der Waals surface area contributed by atoms with Gasteiger partial charge in [-0.2, -0.15) is 0 Å². The van der Waals surface area contributed by atoms with Gasteiger partial charge in [0.05, 0.1) is 0 Å². The molecule has 0 radical (unpaired) electrons. The predicted octanol–water partition coefficient (Wildman–Crippen LogP) is 2.35. The highest BCUT2D eigenvalue weighted by molar-refractivity contribution is 4.88. The van der Waals surface area contributed by atoms with Crippen LogP contribution in [0.25, 0.3) is 0 Å². The molecule has 0 bridgehead atoms. The topological polar surface area (TPSA) is 15.3 Å². The van der Waals surface area contributed by atoms with E-state index in [-0.39, 0.29) is 0 Å². The SMILES string of the molecule is CC(N(C)CC1(C)CCNC1)C(C)(C)C. The summed E-state index contributed by atoms with van der Waals surface area (Å²) in [4.78, 5) is 2.52. The molecule has 2 nitrogen and oxygen atoms in total. The lowest BCUT2D eigenvalue weighted by molar-refractivity contribution is 0.0985. The second kappa shape index (κ2) is 4.42. The molecule has 1 rings (SSSR count). The second-order valence-corrected chi connectivity index (χ2v) is 6.69. The van der Waals surface area contributed by atoms with Gasteiger partial charge in [-0.15, -0.1) is 0 Å². The monoisotopic (exact) mass is 212 g/mol. The molecule has 90 valence electrons. The van der Waals surface area contributed by atoms with Crippen LogP contribution in [0.2, 0.25) is 0 Å². The Labute approximate surface area is 95.4 Å². The molecule has 0 aromatic heterocycles. The highest BCUT2D eigenvalue weighted by atomic mass is 15.1. The Bertz CT molecular complexity index is 199. The molecular formula is C13H28N2. The summed E-state index contributed by atoms with van der Waals surface area (Å²) < 4.78 is 0. The third-order valence-corrected chi connectivity index (χ3v) is 4.00. The van der Waals surface area contributed by atoms with E-state index in [0.29, 0.717) is 16.9 Å². The number of nitrogens with one attached hydrogen (secondary N) is 1. The molecule has 1 N–H and O–H groups in total. The zero-order valence-corrected chi connectivity index (χ0v) is 11.4. The molecule has 0 spiro atoms. The molecule has 0 amide bonds. The lowest BCUT2D eigenvalue weighted by Gasteiger charge is -2.39. The Hall–Kier alpha value is -0.0800. The fraction of sp³-hybridized carbons (Fsp3) is 1.00. The standard InChI is InChI=1S/C13H28N2/c1-11(12(2,3)4)15(6)10-13(5)7-8-14-9-13/h11,14H,7-10H2,1-6H3. The Kier molecular flexibility index (Phi) is 3.83. The molecule has 2 unspecified atom stereocenters. The van der Waals surface area contributed by atoms with Crippen molar-refractivity contribution in [3.05, 3.63) is 0 Å². The number of rotatable bonds is 3. The normalized spacial score (nSPS) is 29.8. The van der Waals surface area contributed by atoms with Gasteiger partial charge >= 0.3 is 0 Å². The van der Waals surface area contributed by atoms with Crippen molar-refractivity contribution in [2.24, 2.45) is 10.8 Å².